The second-order valence-corrected chi connectivity index (χ2v) is 5.75. The summed E-state index contributed by atoms with van der Waals surface area (Å²) < 4.78 is 24.7. The summed E-state index contributed by atoms with van der Waals surface area (Å²) in [6.45, 7) is 1.13. The van der Waals surface area contributed by atoms with Gasteiger partial charge in [0.1, 0.15) is 9.84 Å². The van der Waals surface area contributed by atoms with Gasteiger partial charge in [0.25, 0.3) is 0 Å². The average molecular weight is 231 g/mol. The molecule has 0 aliphatic rings. The van der Waals surface area contributed by atoms with E-state index in [2.05, 4.69) is 4.98 Å². The van der Waals surface area contributed by atoms with Crippen molar-refractivity contribution in [3.63, 3.8) is 0 Å². The van der Waals surface area contributed by atoms with Crippen LogP contribution in [0.2, 0.25) is 0 Å². The van der Waals surface area contributed by atoms with Gasteiger partial charge in [-0.25, -0.2) is 13.4 Å². The maximum atomic E-state index is 11.4. The Balaban J connectivity index is 2.24. The van der Waals surface area contributed by atoms with Crippen LogP contribution >= 0.6 is 0 Å². The molecule has 1 heterocycles. The Hall–Kier alpha value is -0.880. The fourth-order valence-electron chi connectivity index (χ4n) is 1.29. The molecule has 0 aliphatic heterocycles. The van der Waals surface area contributed by atoms with E-state index in [1.807, 2.05) is 10.8 Å². The van der Waals surface area contributed by atoms with E-state index in [0.717, 1.165) is 0 Å². The van der Waals surface area contributed by atoms with Gasteiger partial charge >= 0.3 is 0 Å². The molecule has 0 spiro atoms. The molecule has 86 valence electrons. The minimum atomic E-state index is -2.91. The zero-order chi connectivity index (χ0) is 11.1. The molecule has 0 saturated heterocycles. The van der Waals surface area contributed by atoms with Crippen molar-refractivity contribution in [1.29, 1.82) is 0 Å². The lowest BCUT2D eigenvalue weighted by atomic mass is 10.5. The zero-order valence-electron chi connectivity index (χ0n) is 8.67. The Bertz CT molecular complexity index is 359. The minimum absolute atomic E-state index is 0.202. The molecule has 0 aromatic carbocycles. The van der Waals surface area contributed by atoms with Gasteiger partial charge in [0.2, 0.25) is 0 Å². The third kappa shape index (κ3) is 4.94. The van der Waals surface area contributed by atoms with E-state index in [1.165, 1.54) is 0 Å². The predicted octanol–water partition coefficient (Wildman–Crippen LogP) is 0.0368. The van der Waals surface area contributed by atoms with Crippen LogP contribution < -0.4 is 5.73 Å². The van der Waals surface area contributed by atoms with Gasteiger partial charge in [-0.05, 0) is 19.4 Å². The van der Waals surface area contributed by atoms with Crippen LogP contribution in [0, 0.1) is 0 Å². The van der Waals surface area contributed by atoms with E-state index >= 15 is 0 Å². The first kappa shape index (κ1) is 12.2. The van der Waals surface area contributed by atoms with Crippen LogP contribution in [0.25, 0.3) is 0 Å². The Kier molecular flexibility index (Phi) is 4.77. The molecule has 1 rings (SSSR count). The standard InChI is InChI=1S/C9H17N3O2S/c10-3-1-7-15(13,14)8-2-5-12-6-4-11-9-12/h4,6,9H,1-3,5,7-8,10H2. The third-order valence-electron chi connectivity index (χ3n) is 2.09. The molecule has 0 aliphatic carbocycles. The Morgan fingerprint density at radius 3 is 2.60 bits per heavy atom. The van der Waals surface area contributed by atoms with Crippen LogP contribution in [0.3, 0.4) is 0 Å². The van der Waals surface area contributed by atoms with Gasteiger partial charge in [-0.2, -0.15) is 0 Å². The third-order valence-corrected chi connectivity index (χ3v) is 3.91. The van der Waals surface area contributed by atoms with Gasteiger partial charge in [-0.15, -0.1) is 0 Å². The SMILES string of the molecule is NCCCS(=O)(=O)CCCn1ccnc1. The molecule has 6 heteroatoms. The monoisotopic (exact) mass is 231 g/mol. The lowest BCUT2D eigenvalue weighted by Gasteiger charge is -2.03. The van der Waals surface area contributed by atoms with Crippen LogP contribution in [-0.4, -0.2) is 36.0 Å². The topological polar surface area (TPSA) is 78.0 Å². The minimum Gasteiger partial charge on any atom is -0.337 e. The Morgan fingerprint density at radius 2 is 2.00 bits per heavy atom. The van der Waals surface area contributed by atoms with Crippen LogP contribution in [0.1, 0.15) is 12.8 Å². The molecule has 0 amide bonds. The van der Waals surface area contributed by atoms with E-state index in [1.54, 1.807) is 12.5 Å². The summed E-state index contributed by atoms with van der Waals surface area (Å²) in [5, 5.41) is 0. The highest BCUT2D eigenvalue weighted by Crippen LogP contribution is 1.99. The van der Waals surface area contributed by atoms with Gasteiger partial charge in [-0.1, -0.05) is 0 Å². The first-order valence-electron chi connectivity index (χ1n) is 5.00. The predicted molar refractivity (Wildman–Crippen MR) is 59.2 cm³/mol. The number of hydrogen-bond acceptors (Lipinski definition) is 4. The van der Waals surface area contributed by atoms with Crippen LogP contribution in [-0.2, 0) is 16.4 Å². The number of hydrogen-bond donors (Lipinski definition) is 1. The second-order valence-electron chi connectivity index (χ2n) is 3.45. The summed E-state index contributed by atoms with van der Waals surface area (Å²) in [6, 6.07) is 0. The van der Waals surface area contributed by atoms with Gasteiger partial charge in [-0.3, -0.25) is 0 Å². The molecule has 0 unspecified atom stereocenters. The van der Waals surface area contributed by atoms with E-state index in [9.17, 15) is 8.42 Å². The van der Waals surface area contributed by atoms with Crippen molar-refractivity contribution >= 4 is 9.84 Å². The first-order valence-corrected chi connectivity index (χ1v) is 6.82. The number of nitrogens with zero attached hydrogens (tertiary/aromatic N) is 2. The number of sulfone groups is 1. The highest BCUT2D eigenvalue weighted by Gasteiger charge is 2.09. The lowest BCUT2D eigenvalue weighted by Crippen LogP contribution is -2.15. The highest BCUT2D eigenvalue weighted by molar-refractivity contribution is 7.91. The second kappa shape index (κ2) is 5.87. The Morgan fingerprint density at radius 1 is 1.27 bits per heavy atom. The first-order chi connectivity index (χ1) is 7.14. The summed E-state index contributed by atoms with van der Waals surface area (Å²) in [5.74, 6) is 0.429. The smallest absolute Gasteiger partial charge is 0.150 e. The normalized spacial score (nSPS) is 11.8. The largest absolute Gasteiger partial charge is 0.337 e. The Labute approximate surface area is 90.2 Å². The van der Waals surface area contributed by atoms with Crippen molar-refractivity contribution in [3.05, 3.63) is 18.7 Å². The van der Waals surface area contributed by atoms with Crippen LogP contribution in [0.5, 0.6) is 0 Å². The van der Waals surface area contributed by atoms with Crippen molar-refractivity contribution in [3.8, 4) is 0 Å². The molecule has 0 fully saturated rings. The average Bonchev–Trinajstić information content (AvgIpc) is 2.67. The van der Waals surface area contributed by atoms with E-state index in [0.29, 0.717) is 25.9 Å². The molecule has 5 nitrogen and oxygen atoms in total. The molecule has 0 saturated carbocycles. The molecular weight excluding hydrogens is 214 g/mol. The molecule has 1 aromatic heterocycles. The van der Waals surface area contributed by atoms with Gasteiger partial charge < -0.3 is 10.3 Å². The number of aromatic nitrogens is 2. The van der Waals surface area contributed by atoms with E-state index in [-0.39, 0.29) is 11.5 Å². The quantitative estimate of drug-likeness (QED) is 0.718. The van der Waals surface area contributed by atoms with E-state index in [4.69, 9.17) is 5.73 Å². The zero-order valence-corrected chi connectivity index (χ0v) is 9.49. The number of imidazole rings is 1. The maximum Gasteiger partial charge on any atom is 0.150 e. The van der Waals surface area contributed by atoms with Crippen molar-refractivity contribution in [2.45, 2.75) is 19.4 Å². The van der Waals surface area contributed by atoms with Gasteiger partial charge in [0.15, 0.2) is 0 Å². The molecule has 1 aromatic rings. The van der Waals surface area contributed by atoms with Crippen LogP contribution in [0.15, 0.2) is 18.7 Å². The molecular formula is C9H17N3O2S. The van der Waals surface area contributed by atoms with Crippen molar-refractivity contribution in [2.24, 2.45) is 5.73 Å². The number of rotatable bonds is 7. The molecule has 15 heavy (non-hydrogen) atoms. The fourth-order valence-corrected chi connectivity index (χ4v) is 2.67. The summed E-state index contributed by atoms with van der Waals surface area (Å²) in [4.78, 5) is 3.88. The van der Waals surface area contributed by atoms with Gasteiger partial charge in [0.05, 0.1) is 17.8 Å². The molecule has 0 radical (unpaired) electrons. The highest BCUT2D eigenvalue weighted by atomic mass is 32.2. The van der Waals surface area contributed by atoms with Crippen molar-refractivity contribution in [2.75, 3.05) is 18.1 Å². The summed E-state index contributed by atoms with van der Waals surface area (Å²) in [5.41, 5.74) is 5.26. The van der Waals surface area contributed by atoms with Crippen molar-refractivity contribution < 1.29 is 8.42 Å². The number of aryl methyl sites for hydroxylation is 1. The summed E-state index contributed by atoms with van der Waals surface area (Å²) in [6.07, 6.45) is 6.37. The molecule has 0 atom stereocenters. The van der Waals surface area contributed by atoms with Gasteiger partial charge in [0, 0.05) is 18.9 Å². The fraction of sp³-hybridized carbons (Fsp3) is 0.667. The summed E-state index contributed by atoms with van der Waals surface area (Å²) in [7, 11) is -2.91. The molecule has 2 N–H and O–H groups in total. The maximum absolute atomic E-state index is 11.4. The number of nitrogens with two attached hydrogens (primary N) is 1. The van der Waals surface area contributed by atoms with Crippen LogP contribution in [0.4, 0.5) is 0 Å². The van der Waals surface area contributed by atoms with E-state index < -0.39 is 9.84 Å². The molecule has 0 bridgehead atoms. The summed E-state index contributed by atoms with van der Waals surface area (Å²) >= 11 is 0. The van der Waals surface area contributed by atoms with Crippen molar-refractivity contribution in [1.82, 2.24) is 9.55 Å². The lowest BCUT2D eigenvalue weighted by molar-refractivity contribution is 0.584.